The van der Waals surface area contributed by atoms with Crippen LogP contribution < -0.4 is 10.6 Å². The van der Waals surface area contributed by atoms with Gasteiger partial charge in [-0.1, -0.05) is 37.3 Å². The maximum absolute atomic E-state index is 14.7. The first-order chi connectivity index (χ1) is 16.5. The second-order valence-corrected chi connectivity index (χ2v) is 15.6. The van der Waals surface area contributed by atoms with E-state index < -0.39 is 38.0 Å². The van der Waals surface area contributed by atoms with Crippen LogP contribution in [0.1, 0.15) is 29.5 Å². The summed E-state index contributed by atoms with van der Waals surface area (Å²) in [5.41, 5.74) is 0.525. The van der Waals surface area contributed by atoms with Gasteiger partial charge in [0.15, 0.2) is 0 Å². The summed E-state index contributed by atoms with van der Waals surface area (Å²) in [7, 11) is -1.33. The highest BCUT2D eigenvalue weighted by atomic mass is 35.5. The third-order valence-corrected chi connectivity index (χ3v) is 7.58. The molecule has 2 N–H and O–H groups in total. The van der Waals surface area contributed by atoms with E-state index in [0.717, 1.165) is 18.2 Å². The van der Waals surface area contributed by atoms with Crippen LogP contribution in [-0.2, 0) is 11.5 Å². The van der Waals surface area contributed by atoms with Crippen LogP contribution in [0, 0.1) is 18.6 Å². The summed E-state index contributed by atoms with van der Waals surface area (Å²) in [4.78, 5) is 3.79. The van der Waals surface area contributed by atoms with Crippen molar-refractivity contribution in [1.82, 2.24) is 14.8 Å². The molecule has 12 heteroatoms. The van der Waals surface area contributed by atoms with Gasteiger partial charge in [0.05, 0.1) is 28.3 Å². The van der Waals surface area contributed by atoms with Crippen LogP contribution in [-0.4, -0.2) is 29.4 Å². The van der Waals surface area contributed by atoms with Crippen molar-refractivity contribution in [3.63, 3.8) is 0 Å². The topological polar surface area (TPSA) is 64.0 Å². The second kappa shape index (κ2) is 9.79. The third kappa shape index (κ3) is 5.31. The zero-order chi connectivity index (χ0) is 25.5. The number of fused-ring (bicyclic) bond motifs is 3. The van der Waals surface area contributed by atoms with Gasteiger partial charge in [-0.3, -0.25) is 0 Å². The van der Waals surface area contributed by atoms with Crippen molar-refractivity contribution in [2.45, 2.75) is 51.9 Å². The molecule has 0 aliphatic carbocycles. The number of rotatable bonds is 7. The number of hydrogen-bond donors (Lipinski definition) is 2. The van der Waals surface area contributed by atoms with Gasteiger partial charge in [0.2, 0.25) is 0 Å². The maximum atomic E-state index is 14.7. The molecule has 0 fully saturated rings. The van der Waals surface area contributed by atoms with E-state index in [2.05, 4.69) is 40.4 Å². The summed E-state index contributed by atoms with van der Waals surface area (Å²) < 4.78 is 64.9. The van der Waals surface area contributed by atoms with Gasteiger partial charge in [-0.2, -0.15) is 5.10 Å². The Kier molecular flexibility index (Phi) is 7.12. The Balaban J connectivity index is 1.85. The normalized spacial score (nSPS) is 15.3. The number of ether oxygens (including phenoxy) is 1. The van der Waals surface area contributed by atoms with Gasteiger partial charge in [0.25, 0.3) is 6.43 Å². The molecule has 35 heavy (non-hydrogen) atoms. The summed E-state index contributed by atoms with van der Waals surface area (Å²) in [5.74, 6) is -1.67. The summed E-state index contributed by atoms with van der Waals surface area (Å²) in [6.07, 6.45) is -4.21. The first-order valence-corrected chi connectivity index (χ1v) is 15.2. The molecule has 1 aromatic carbocycles. The Morgan fingerprint density at radius 3 is 2.43 bits per heavy atom. The molecule has 3 heterocycles. The Bertz CT molecular complexity index is 1230. The van der Waals surface area contributed by atoms with E-state index in [9.17, 15) is 17.6 Å². The molecule has 0 amide bonds. The van der Waals surface area contributed by atoms with Crippen molar-refractivity contribution in [1.29, 1.82) is 0 Å². The van der Waals surface area contributed by atoms with E-state index in [0.29, 0.717) is 23.7 Å². The predicted octanol–water partition coefficient (Wildman–Crippen LogP) is 6.97. The zero-order valence-electron chi connectivity index (χ0n) is 19.7. The molecule has 188 valence electrons. The summed E-state index contributed by atoms with van der Waals surface area (Å²) in [6, 6.07) is 5.80. The zero-order valence-corrected chi connectivity index (χ0v) is 21.5. The van der Waals surface area contributed by atoms with Gasteiger partial charge in [0, 0.05) is 20.2 Å². The van der Waals surface area contributed by atoms with E-state index in [1.807, 2.05) is 0 Å². The number of nitrogens with zero attached hydrogens (tertiary/aromatic N) is 3. The van der Waals surface area contributed by atoms with Gasteiger partial charge in [-0.15, -0.1) is 0 Å². The standard InChI is InChI=1S/C23H26ClF4N5OSi/c1-12-18-21(33(32-12)11-34-8-9-35(2,3)4)13-10-16(24)29-20(22(27)28)19(13)31-23(30-18)17-14(25)6-5-7-15(17)26/h5-7,10,22-23,30-31H,8-9,11H2,1-4H3. The highest BCUT2D eigenvalue weighted by molar-refractivity contribution is 6.76. The van der Waals surface area contributed by atoms with E-state index >= 15 is 0 Å². The van der Waals surface area contributed by atoms with Crippen LogP contribution in [0.3, 0.4) is 0 Å². The maximum Gasteiger partial charge on any atom is 0.282 e. The first kappa shape index (κ1) is 25.5. The van der Waals surface area contributed by atoms with E-state index in [1.165, 1.54) is 16.8 Å². The fourth-order valence-electron chi connectivity index (χ4n) is 3.94. The van der Waals surface area contributed by atoms with Crippen LogP contribution in [0.15, 0.2) is 24.3 Å². The molecule has 0 saturated carbocycles. The van der Waals surface area contributed by atoms with Crippen molar-refractivity contribution < 1.29 is 22.3 Å². The van der Waals surface area contributed by atoms with Gasteiger partial charge < -0.3 is 15.4 Å². The van der Waals surface area contributed by atoms with Gasteiger partial charge >= 0.3 is 0 Å². The lowest BCUT2D eigenvalue weighted by molar-refractivity contribution is 0.0796. The van der Waals surface area contributed by atoms with Gasteiger partial charge in [-0.05, 0) is 31.2 Å². The highest BCUT2D eigenvalue weighted by Crippen LogP contribution is 2.46. The van der Waals surface area contributed by atoms with E-state index in [-0.39, 0.29) is 28.7 Å². The molecule has 0 saturated heterocycles. The van der Waals surface area contributed by atoms with Crippen molar-refractivity contribution in [3.05, 3.63) is 58.0 Å². The van der Waals surface area contributed by atoms with Gasteiger partial charge in [-0.25, -0.2) is 27.2 Å². The Labute approximate surface area is 206 Å². The summed E-state index contributed by atoms with van der Waals surface area (Å²) >= 11 is 6.12. The fraction of sp³-hybridized carbons (Fsp3) is 0.391. The number of nitrogens with one attached hydrogen (secondary N) is 2. The number of benzene rings is 1. The molecule has 0 bridgehead atoms. The highest BCUT2D eigenvalue weighted by Gasteiger charge is 2.33. The van der Waals surface area contributed by atoms with Crippen LogP contribution in [0.25, 0.3) is 11.3 Å². The monoisotopic (exact) mass is 527 g/mol. The second-order valence-electron chi connectivity index (χ2n) is 9.57. The minimum Gasteiger partial charge on any atom is -0.360 e. The van der Waals surface area contributed by atoms with Crippen LogP contribution in [0.2, 0.25) is 30.8 Å². The number of anilines is 2. The number of hydrogen-bond acceptors (Lipinski definition) is 5. The molecule has 0 spiro atoms. The number of pyridine rings is 1. The third-order valence-electron chi connectivity index (χ3n) is 5.68. The van der Waals surface area contributed by atoms with Crippen LogP contribution in [0.4, 0.5) is 28.9 Å². The molecular formula is C23H26ClF4N5OSi. The molecule has 1 aliphatic rings. The minimum atomic E-state index is -2.99. The molecule has 6 nitrogen and oxygen atoms in total. The molecule has 3 aromatic rings. The first-order valence-electron chi connectivity index (χ1n) is 11.1. The van der Waals surface area contributed by atoms with Crippen molar-refractivity contribution >= 4 is 31.0 Å². The van der Waals surface area contributed by atoms with Crippen molar-refractivity contribution in [2.75, 3.05) is 17.2 Å². The molecule has 1 aliphatic heterocycles. The predicted molar refractivity (Wildman–Crippen MR) is 131 cm³/mol. The molecule has 2 aromatic heterocycles. The van der Waals surface area contributed by atoms with Crippen molar-refractivity contribution in [3.8, 4) is 11.3 Å². The fourth-order valence-corrected chi connectivity index (χ4v) is 4.89. The Morgan fingerprint density at radius 2 is 1.80 bits per heavy atom. The molecular weight excluding hydrogens is 502 g/mol. The molecule has 1 atom stereocenters. The van der Waals surface area contributed by atoms with Crippen LogP contribution in [0.5, 0.6) is 0 Å². The lowest BCUT2D eigenvalue weighted by Gasteiger charge is -2.23. The quantitative estimate of drug-likeness (QED) is 0.150. The van der Waals surface area contributed by atoms with Crippen LogP contribution >= 0.6 is 11.6 Å². The average Bonchev–Trinajstić information content (AvgIpc) is 2.95. The van der Waals surface area contributed by atoms with Crippen molar-refractivity contribution in [2.24, 2.45) is 0 Å². The van der Waals surface area contributed by atoms with E-state index in [1.54, 1.807) is 6.92 Å². The number of aryl methyl sites for hydroxylation is 1. The SMILES string of the molecule is Cc1nn(COCC[Si](C)(C)C)c2c1NC(c1c(F)cccc1F)Nc1c-2cc(Cl)nc1C(F)F. The molecule has 0 radical (unpaired) electrons. The molecule has 4 rings (SSSR count). The largest absolute Gasteiger partial charge is 0.360 e. The lowest BCUT2D eigenvalue weighted by atomic mass is 10.1. The Morgan fingerprint density at radius 1 is 1.14 bits per heavy atom. The number of aromatic nitrogens is 3. The smallest absolute Gasteiger partial charge is 0.282 e. The average molecular weight is 528 g/mol. The summed E-state index contributed by atoms with van der Waals surface area (Å²) in [5, 5.41) is 10.3. The Hall–Kier alpha value is -2.63. The minimum absolute atomic E-state index is 0.0600. The van der Waals surface area contributed by atoms with Gasteiger partial charge in [0.1, 0.15) is 35.4 Å². The molecule has 1 unspecified atom stereocenters. The number of alkyl halides is 2. The number of halogens is 5. The van der Waals surface area contributed by atoms with E-state index in [4.69, 9.17) is 16.3 Å². The summed E-state index contributed by atoms with van der Waals surface area (Å²) in [6.45, 7) is 8.98. The lowest BCUT2D eigenvalue weighted by Crippen LogP contribution is -2.22.